The minimum absolute atomic E-state index is 0.00515. The molecule has 0 saturated heterocycles. The summed E-state index contributed by atoms with van der Waals surface area (Å²) in [6.07, 6.45) is -0.563. The smallest absolute Gasteiger partial charge is 0.326 e. The molecule has 13 nitrogen and oxygen atoms in total. The van der Waals surface area contributed by atoms with Crippen LogP contribution in [0.25, 0.3) is 0 Å². The van der Waals surface area contributed by atoms with Crippen molar-refractivity contribution in [1.29, 1.82) is 0 Å². The molecule has 1 unspecified atom stereocenters. The lowest BCUT2D eigenvalue weighted by Crippen LogP contribution is -2.46. The molecule has 1 aliphatic heterocycles. The van der Waals surface area contributed by atoms with E-state index >= 15 is 0 Å². The summed E-state index contributed by atoms with van der Waals surface area (Å²) < 4.78 is 0. The Bertz CT molecular complexity index is 1080. The molecule has 34 heavy (non-hydrogen) atoms. The van der Waals surface area contributed by atoms with E-state index in [1.807, 2.05) is 23.9 Å². The van der Waals surface area contributed by atoms with Crippen molar-refractivity contribution >= 4 is 46.8 Å². The van der Waals surface area contributed by atoms with Crippen LogP contribution < -0.4 is 31.9 Å². The van der Waals surface area contributed by atoms with Crippen LogP contribution in [0.15, 0.2) is 24.3 Å². The number of aromatic nitrogens is 2. The first-order valence-corrected chi connectivity index (χ1v) is 10.5. The number of rotatable bonds is 9. The number of hydrogen-bond donors (Lipinski definition) is 6. The van der Waals surface area contributed by atoms with Gasteiger partial charge in [0.2, 0.25) is 5.95 Å². The van der Waals surface area contributed by atoms with Crippen molar-refractivity contribution < 1.29 is 24.6 Å². The lowest BCUT2D eigenvalue weighted by molar-refractivity contribution is -0.140. The van der Waals surface area contributed by atoms with E-state index in [0.29, 0.717) is 24.6 Å². The van der Waals surface area contributed by atoms with Crippen molar-refractivity contribution in [2.24, 2.45) is 0 Å². The Hall–Kier alpha value is -4.29. The predicted molar refractivity (Wildman–Crippen MR) is 127 cm³/mol. The Kier molecular flexibility index (Phi) is 7.24. The first-order chi connectivity index (χ1) is 16.0. The van der Waals surface area contributed by atoms with E-state index in [0.717, 1.165) is 5.69 Å². The Morgan fingerprint density at radius 3 is 2.53 bits per heavy atom. The summed E-state index contributed by atoms with van der Waals surface area (Å²) in [4.78, 5) is 46.6. The zero-order valence-electron chi connectivity index (χ0n) is 18.9. The monoisotopic (exact) mass is 472 g/mol. The molecule has 13 heteroatoms. The van der Waals surface area contributed by atoms with Crippen LogP contribution in [0.1, 0.15) is 23.2 Å². The van der Waals surface area contributed by atoms with Gasteiger partial charge in [0.25, 0.3) is 5.91 Å². The minimum Gasteiger partial charge on any atom is -0.481 e. The van der Waals surface area contributed by atoms with E-state index in [2.05, 4.69) is 20.6 Å². The number of benzene rings is 1. The summed E-state index contributed by atoms with van der Waals surface area (Å²) >= 11 is 0. The molecule has 2 atom stereocenters. The largest absolute Gasteiger partial charge is 0.481 e. The molecule has 0 aliphatic carbocycles. The number of carboxylic acids is 2. The second-order valence-corrected chi connectivity index (χ2v) is 8.11. The number of amides is 1. The van der Waals surface area contributed by atoms with Gasteiger partial charge in [-0.25, -0.2) is 4.79 Å². The number of hydrogen-bond acceptors (Lipinski definition) is 10. The molecular formula is C21H28N8O5. The fourth-order valence-corrected chi connectivity index (χ4v) is 3.74. The van der Waals surface area contributed by atoms with Gasteiger partial charge in [-0.2, -0.15) is 9.97 Å². The maximum Gasteiger partial charge on any atom is 0.326 e. The van der Waals surface area contributed by atoms with Crippen LogP contribution in [0.2, 0.25) is 0 Å². The first-order valence-electron chi connectivity index (χ1n) is 10.5. The van der Waals surface area contributed by atoms with E-state index < -0.39 is 23.9 Å². The Morgan fingerprint density at radius 2 is 1.91 bits per heavy atom. The van der Waals surface area contributed by atoms with Crippen LogP contribution in [-0.4, -0.2) is 77.3 Å². The Labute approximate surface area is 195 Å². The van der Waals surface area contributed by atoms with E-state index in [9.17, 15) is 19.5 Å². The molecule has 3 rings (SSSR count). The number of fused-ring (bicyclic) bond motifs is 1. The van der Waals surface area contributed by atoms with Crippen molar-refractivity contribution in [3.63, 3.8) is 0 Å². The van der Waals surface area contributed by atoms with Crippen LogP contribution in [0.5, 0.6) is 0 Å². The van der Waals surface area contributed by atoms with Crippen molar-refractivity contribution in [2.75, 3.05) is 53.8 Å². The van der Waals surface area contributed by atoms with Gasteiger partial charge in [-0.15, -0.1) is 0 Å². The first kappa shape index (κ1) is 24.4. The molecule has 2 aromatic rings. The lowest BCUT2D eigenvalue weighted by atomic mass is 10.1. The van der Waals surface area contributed by atoms with E-state index in [1.165, 1.54) is 0 Å². The zero-order chi connectivity index (χ0) is 25.0. The Morgan fingerprint density at radius 1 is 1.24 bits per heavy atom. The third-order valence-corrected chi connectivity index (χ3v) is 5.45. The van der Waals surface area contributed by atoms with Gasteiger partial charge in [-0.05, 0) is 30.7 Å². The fraction of sp³-hybridized carbons (Fsp3) is 0.381. The molecule has 1 aliphatic rings. The summed E-state index contributed by atoms with van der Waals surface area (Å²) in [6, 6.07) is 5.39. The maximum atomic E-state index is 12.4. The van der Waals surface area contributed by atoms with Crippen molar-refractivity contribution in [1.82, 2.24) is 15.3 Å². The molecule has 1 amide bonds. The Balaban J connectivity index is 1.62. The SMILES string of the molecule is CN(CC1CN(C)c2nc(N)nc(N)c2N1)c1ccc(C(=O)N[C@@H](CCC(=O)O)C(=O)O)cc1. The van der Waals surface area contributed by atoms with E-state index in [-0.39, 0.29) is 36.2 Å². The summed E-state index contributed by atoms with van der Waals surface area (Å²) in [5.41, 5.74) is 13.4. The highest BCUT2D eigenvalue weighted by atomic mass is 16.4. The summed E-state index contributed by atoms with van der Waals surface area (Å²) in [6.45, 7) is 1.26. The van der Waals surface area contributed by atoms with Crippen molar-refractivity contribution in [3.8, 4) is 0 Å². The second-order valence-electron chi connectivity index (χ2n) is 8.11. The predicted octanol–water partition coefficient (Wildman–Crippen LogP) is 0.0555. The third-order valence-electron chi connectivity index (χ3n) is 5.45. The molecule has 8 N–H and O–H groups in total. The number of nitrogens with two attached hydrogens (primary N) is 2. The summed E-state index contributed by atoms with van der Waals surface area (Å²) in [5.74, 6) is -1.97. The number of nitrogen functional groups attached to an aromatic ring is 2. The highest BCUT2D eigenvalue weighted by molar-refractivity contribution is 5.97. The fourth-order valence-electron chi connectivity index (χ4n) is 3.74. The summed E-state index contributed by atoms with van der Waals surface area (Å²) in [5, 5.41) is 23.7. The van der Waals surface area contributed by atoms with Gasteiger partial charge in [-0.3, -0.25) is 9.59 Å². The van der Waals surface area contributed by atoms with Crippen LogP contribution in [-0.2, 0) is 9.59 Å². The van der Waals surface area contributed by atoms with Gasteiger partial charge >= 0.3 is 11.9 Å². The minimum atomic E-state index is -1.29. The number of nitrogens with zero attached hydrogens (tertiary/aromatic N) is 4. The summed E-state index contributed by atoms with van der Waals surface area (Å²) in [7, 11) is 3.80. The number of carbonyl (C=O) groups excluding carboxylic acids is 1. The number of carbonyl (C=O) groups is 3. The molecular weight excluding hydrogens is 444 g/mol. The normalized spacial score (nSPS) is 15.6. The zero-order valence-corrected chi connectivity index (χ0v) is 18.9. The topological polar surface area (TPSA) is 200 Å². The molecule has 0 spiro atoms. The van der Waals surface area contributed by atoms with E-state index in [1.54, 1.807) is 24.3 Å². The van der Waals surface area contributed by atoms with Gasteiger partial charge in [-0.1, -0.05) is 0 Å². The number of carboxylic acid groups (broad SMARTS) is 2. The van der Waals surface area contributed by atoms with Crippen LogP contribution in [0.3, 0.4) is 0 Å². The molecule has 182 valence electrons. The molecule has 1 aromatic carbocycles. The van der Waals surface area contributed by atoms with Gasteiger partial charge in [0.1, 0.15) is 11.7 Å². The van der Waals surface area contributed by atoms with Crippen LogP contribution >= 0.6 is 0 Å². The third kappa shape index (κ3) is 5.74. The number of aliphatic carboxylic acids is 2. The van der Waals surface area contributed by atoms with Gasteiger partial charge in [0.05, 0.1) is 6.04 Å². The molecule has 2 heterocycles. The maximum absolute atomic E-state index is 12.4. The molecule has 0 bridgehead atoms. The van der Waals surface area contributed by atoms with Gasteiger partial charge in [0, 0.05) is 44.9 Å². The average molecular weight is 473 g/mol. The standard InChI is InChI=1S/C21H28N8O5/c1-28(9-12-10-29(2)18-16(24-12)17(22)26-21(23)27-18)13-5-3-11(4-6-13)19(32)25-14(20(33)34)7-8-15(30)31/h3-6,12,14,24H,7-10H2,1-2H3,(H,25,32)(H,30,31)(H,33,34)(H4,22,23,26,27)/t12?,14-/m0/s1. The number of nitrogens with one attached hydrogen (secondary N) is 2. The van der Waals surface area contributed by atoms with E-state index in [4.69, 9.17) is 16.6 Å². The van der Waals surface area contributed by atoms with Crippen molar-refractivity contribution in [2.45, 2.75) is 24.9 Å². The molecule has 0 radical (unpaired) electrons. The van der Waals surface area contributed by atoms with Gasteiger partial charge < -0.3 is 42.1 Å². The molecule has 0 fully saturated rings. The molecule has 0 saturated carbocycles. The average Bonchev–Trinajstić information content (AvgIpc) is 2.77. The highest BCUT2D eigenvalue weighted by Gasteiger charge is 2.27. The van der Waals surface area contributed by atoms with Gasteiger partial charge in [0.15, 0.2) is 11.6 Å². The lowest BCUT2D eigenvalue weighted by Gasteiger charge is -2.36. The quantitative estimate of drug-likeness (QED) is 0.287. The highest BCUT2D eigenvalue weighted by Crippen LogP contribution is 2.33. The van der Waals surface area contributed by atoms with Crippen molar-refractivity contribution in [3.05, 3.63) is 29.8 Å². The second kappa shape index (κ2) is 10.1. The van der Waals surface area contributed by atoms with Crippen LogP contribution in [0.4, 0.5) is 29.0 Å². The van der Waals surface area contributed by atoms with Crippen LogP contribution in [0, 0.1) is 0 Å². The molecule has 1 aromatic heterocycles. The number of likely N-dealkylation sites (N-methyl/N-ethyl adjacent to an activating group) is 2. The number of anilines is 5.